The van der Waals surface area contributed by atoms with Crippen molar-refractivity contribution in [3.63, 3.8) is 0 Å². The number of rotatable bonds is 1. The van der Waals surface area contributed by atoms with Gasteiger partial charge in [0.1, 0.15) is 0 Å². The topological polar surface area (TPSA) is 3.24 Å². The largest absolute Gasteiger partial charge is 0.360 e. The number of benzene rings is 1. The second-order valence-electron chi connectivity index (χ2n) is 4.36. The predicted octanol–water partition coefficient (Wildman–Crippen LogP) is 3.88. The minimum absolute atomic E-state index is 0.199. The molecule has 0 atom stereocenters. The molecule has 1 aromatic rings. The van der Waals surface area contributed by atoms with Gasteiger partial charge in [-0.05, 0) is 38.8 Å². The van der Waals surface area contributed by atoms with Crippen molar-refractivity contribution in [2.75, 3.05) is 4.90 Å². The first-order valence-electron chi connectivity index (χ1n) is 4.98. The number of anilines is 1. The molecule has 14 heavy (non-hydrogen) atoms. The summed E-state index contributed by atoms with van der Waals surface area (Å²) in [5.74, 6) is 0. The maximum atomic E-state index is 6.17. The highest BCUT2D eigenvalue weighted by atomic mass is 35.5. The third-order valence-corrected chi connectivity index (χ3v) is 3.15. The predicted molar refractivity (Wildman–Crippen MR) is 61.5 cm³/mol. The molecule has 0 saturated carbocycles. The smallest absolute Gasteiger partial charge is 0.0639 e. The highest BCUT2D eigenvalue weighted by Gasteiger charge is 2.33. The number of halogens is 1. The van der Waals surface area contributed by atoms with Gasteiger partial charge in [-0.3, -0.25) is 0 Å². The van der Waals surface area contributed by atoms with Crippen molar-refractivity contribution in [1.82, 2.24) is 0 Å². The van der Waals surface area contributed by atoms with Gasteiger partial charge in [0.2, 0.25) is 0 Å². The van der Waals surface area contributed by atoms with E-state index in [9.17, 15) is 0 Å². The molecule has 1 heterocycles. The third kappa shape index (κ3) is 1.61. The van der Waals surface area contributed by atoms with Gasteiger partial charge in [-0.25, -0.2) is 0 Å². The van der Waals surface area contributed by atoms with Crippen LogP contribution in [0.25, 0.3) is 0 Å². The van der Waals surface area contributed by atoms with Crippen molar-refractivity contribution in [2.45, 2.75) is 32.2 Å². The van der Waals surface area contributed by atoms with E-state index in [2.05, 4.69) is 31.4 Å². The van der Waals surface area contributed by atoms with E-state index in [4.69, 9.17) is 11.6 Å². The quantitative estimate of drug-likeness (QED) is 0.677. The molecule has 1 radical (unpaired) electrons. The van der Waals surface area contributed by atoms with E-state index in [1.54, 1.807) is 0 Å². The van der Waals surface area contributed by atoms with E-state index in [0.29, 0.717) is 0 Å². The lowest BCUT2D eigenvalue weighted by Gasteiger charge is -2.33. The van der Waals surface area contributed by atoms with Crippen LogP contribution in [0.15, 0.2) is 24.3 Å². The molecule has 1 aliphatic heterocycles. The molecule has 0 spiro atoms. The van der Waals surface area contributed by atoms with Crippen LogP contribution in [0.5, 0.6) is 0 Å². The number of para-hydroxylation sites is 1. The maximum Gasteiger partial charge on any atom is 0.0639 e. The van der Waals surface area contributed by atoms with E-state index in [0.717, 1.165) is 17.1 Å². The molecule has 1 saturated heterocycles. The van der Waals surface area contributed by atoms with Crippen LogP contribution in [-0.4, -0.2) is 5.54 Å². The summed E-state index contributed by atoms with van der Waals surface area (Å²) in [5.41, 5.74) is 1.32. The Morgan fingerprint density at radius 3 is 2.57 bits per heavy atom. The molecule has 0 N–H and O–H groups in total. The second kappa shape index (κ2) is 3.47. The highest BCUT2D eigenvalue weighted by Crippen LogP contribution is 2.39. The Morgan fingerprint density at radius 1 is 1.29 bits per heavy atom. The lowest BCUT2D eigenvalue weighted by molar-refractivity contribution is 0.521. The first-order chi connectivity index (χ1) is 6.61. The van der Waals surface area contributed by atoms with E-state index in [1.165, 1.54) is 6.42 Å². The Kier molecular flexibility index (Phi) is 2.44. The van der Waals surface area contributed by atoms with Crippen molar-refractivity contribution in [2.24, 2.45) is 0 Å². The van der Waals surface area contributed by atoms with Crippen LogP contribution < -0.4 is 4.90 Å². The molecule has 2 heteroatoms. The molecule has 0 aromatic heterocycles. The summed E-state index contributed by atoms with van der Waals surface area (Å²) >= 11 is 6.17. The zero-order valence-corrected chi connectivity index (χ0v) is 9.38. The van der Waals surface area contributed by atoms with Gasteiger partial charge in [-0.2, -0.15) is 0 Å². The summed E-state index contributed by atoms with van der Waals surface area (Å²) < 4.78 is 0. The Morgan fingerprint density at radius 2 is 2.00 bits per heavy atom. The van der Waals surface area contributed by atoms with Crippen molar-refractivity contribution in [3.05, 3.63) is 35.8 Å². The average molecular weight is 209 g/mol. The Balaban J connectivity index is 2.36. The number of nitrogens with zero attached hydrogens (tertiary/aromatic N) is 1. The monoisotopic (exact) mass is 208 g/mol. The molecule has 0 aliphatic carbocycles. The third-order valence-electron chi connectivity index (χ3n) is 2.83. The molecule has 1 nitrogen and oxygen atoms in total. The van der Waals surface area contributed by atoms with Gasteiger partial charge >= 0.3 is 0 Å². The Hall–Kier alpha value is -0.690. The lowest BCUT2D eigenvalue weighted by Crippen LogP contribution is -2.36. The van der Waals surface area contributed by atoms with Crippen molar-refractivity contribution < 1.29 is 0 Å². The van der Waals surface area contributed by atoms with Crippen molar-refractivity contribution in [3.8, 4) is 0 Å². The van der Waals surface area contributed by atoms with Crippen molar-refractivity contribution in [1.29, 1.82) is 0 Å². The summed E-state index contributed by atoms with van der Waals surface area (Å²) in [6.45, 7) is 6.74. The Labute approximate surface area is 90.7 Å². The maximum absolute atomic E-state index is 6.17. The average Bonchev–Trinajstić information content (AvgIpc) is 2.46. The molecule has 1 aromatic carbocycles. The van der Waals surface area contributed by atoms with Gasteiger partial charge in [-0.1, -0.05) is 23.7 Å². The molecule has 0 bridgehead atoms. The minimum atomic E-state index is 0.199. The normalized spacial score (nSPS) is 20.1. The summed E-state index contributed by atoms with van der Waals surface area (Å²) in [5, 5.41) is 0.832. The van der Waals surface area contributed by atoms with Gasteiger partial charge in [-0.15, -0.1) is 0 Å². The van der Waals surface area contributed by atoms with Crippen LogP contribution >= 0.6 is 11.6 Å². The molecule has 0 unspecified atom stereocenters. The van der Waals surface area contributed by atoms with E-state index in [-0.39, 0.29) is 5.54 Å². The standard InChI is InChI=1S/C12H15ClN/c1-12(2)8-5-9-14(12)11-7-4-3-6-10(11)13/h3-4,6-7,9H,5,8H2,1-2H3. The van der Waals surface area contributed by atoms with Crippen LogP contribution in [0.4, 0.5) is 5.69 Å². The van der Waals surface area contributed by atoms with E-state index >= 15 is 0 Å². The van der Waals surface area contributed by atoms with Crippen LogP contribution in [0, 0.1) is 6.54 Å². The van der Waals surface area contributed by atoms with E-state index in [1.807, 2.05) is 18.2 Å². The molecule has 1 aliphatic rings. The molecular weight excluding hydrogens is 194 g/mol. The van der Waals surface area contributed by atoms with Crippen LogP contribution in [-0.2, 0) is 0 Å². The lowest BCUT2D eigenvalue weighted by atomic mass is 10.0. The fourth-order valence-electron chi connectivity index (χ4n) is 1.99. The molecule has 0 amide bonds. The van der Waals surface area contributed by atoms with Crippen molar-refractivity contribution >= 4 is 17.3 Å². The number of hydrogen-bond donors (Lipinski definition) is 0. The summed E-state index contributed by atoms with van der Waals surface area (Å²) in [6.07, 6.45) is 2.33. The fraction of sp³-hybridized carbons (Fsp3) is 0.417. The zero-order chi connectivity index (χ0) is 10.2. The molecule has 75 valence electrons. The molecular formula is C12H15ClN. The molecule has 1 fully saturated rings. The van der Waals surface area contributed by atoms with E-state index < -0.39 is 0 Å². The fourth-order valence-corrected chi connectivity index (χ4v) is 2.21. The molecule has 2 rings (SSSR count). The Bertz CT molecular complexity index is 333. The van der Waals surface area contributed by atoms with Gasteiger partial charge < -0.3 is 4.90 Å². The highest BCUT2D eigenvalue weighted by molar-refractivity contribution is 6.33. The zero-order valence-electron chi connectivity index (χ0n) is 8.63. The van der Waals surface area contributed by atoms with Gasteiger partial charge in [0, 0.05) is 5.54 Å². The first kappa shape index (κ1) is 9.85. The summed E-state index contributed by atoms with van der Waals surface area (Å²) in [4.78, 5) is 2.29. The summed E-state index contributed by atoms with van der Waals surface area (Å²) in [6, 6.07) is 8.02. The summed E-state index contributed by atoms with van der Waals surface area (Å²) in [7, 11) is 0. The first-order valence-corrected chi connectivity index (χ1v) is 5.36. The van der Waals surface area contributed by atoms with Crippen LogP contribution in [0.1, 0.15) is 26.7 Å². The van der Waals surface area contributed by atoms with Gasteiger partial charge in [0.05, 0.1) is 17.3 Å². The van der Waals surface area contributed by atoms with Crippen LogP contribution in [0.2, 0.25) is 5.02 Å². The second-order valence-corrected chi connectivity index (χ2v) is 4.76. The van der Waals surface area contributed by atoms with Gasteiger partial charge in [0.15, 0.2) is 0 Å². The SMILES string of the molecule is CC1(C)CC[CH]N1c1ccccc1Cl. The minimum Gasteiger partial charge on any atom is -0.360 e. The van der Waals surface area contributed by atoms with Gasteiger partial charge in [0.25, 0.3) is 0 Å². The number of hydrogen-bond acceptors (Lipinski definition) is 1. The van der Waals surface area contributed by atoms with Crippen LogP contribution in [0.3, 0.4) is 0 Å².